The van der Waals surface area contributed by atoms with Crippen LogP contribution in [0.1, 0.15) is 28.3 Å². The molecule has 0 spiro atoms. The van der Waals surface area contributed by atoms with Crippen molar-refractivity contribution in [3.05, 3.63) is 296 Å². The number of hydrogen-bond donors (Lipinski definition) is 9. The number of rotatable bonds is 28. The summed E-state index contributed by atoms with van der Waals surface area (Å²) in [5.74, 6) is -0.385. The molecule has 9 N–H and O–H groups in total. The molecule has 0 amide bonds. The SMILES string of the molecule is Fc1cnc(N/N=C/c2ccc(Nc3ccc(-c4ccncn4)cc3)cn2)nc1N1CCOCC1.Fc1cnc(N/N=C/c2ccc(Nc3ccc(-c4ccncn4)cc3Cl)cn2)nc1N1CCOCC1.Fc1cnc(N/N=C/c2ccc(Nc3ccc(-c4cncnc4)cc3)cn2)nc1N1CCOCC1.Fc1cnc(N/N=C/c2ccc(Nc3ccc(N4CCNCC4)c(C(F)(F)F)c3)cn2)nc1N1CCOCC1. The first-order chi connectivity index (χ1) is 71.0. The van der Waals surface area contributed by atoms with E-state index in [0.717, 1.165) is 98.6 Å². The molecule has 0 aliphatic carbocycles. The van der Waals surface area contributed by atoms with E-state index in [1.165, 1.54) is 43.7 Å². The maximum atomic E-state index is 14.2. The second-order valence-corrected chi connectivity index (χ2v) is 32.3. The van der Waals surface area contributed by atoms with E-state index in [0.29, 0.717) is 171 Å². The fourth-order valence-electron chi connectivity index (χ4n) is 14.8. The molecule has 0 unspecified atom stereocenters. The third-order valence-corrected chi connectivity index (χ3v) is 22.3. The smallest absolute Gasteiger partial charge is 0.378 e. The quantitative estimate of drug-likeness (QED) is 0.0125. The van der Waals surface area contributed by atoms with Gasteiger partial charge in [0.05, 0.1) is 200 Å². The average Bonchev–Trinajstić information content (AvgIpc) is 0.792. The lowest BCUT2D eigenvalue weighted by Gasteiger charge is -2.31. The Balaban J connectivity index is 0.000000133. The number of nitrogens with one attached hydrogen (secondary N) is 9. The van der Waals surface area contributed by atoms with Crippen LogP contribution in [0.25, 0.3) is 33.6 Å². The van der Waals surface area contributed by atoms with Crippen molar-refractivity contribution in [2.45, 2.75) is 6.18 Å². The molecule has 5 fully saturated rings. The number of hydrazone groups is 4. The zero-order valence-corrected chi connectivity index (χ0v) is 78.0. The normalized spacial score (nSPS) is 14.4. The maximum absolute atomic E-state index is 14.2. The molecule has 20 rings (SSSR count). The molecule has 740 valence electrons. The Bertz CT molecular complexity index is 6640. The van der Waals surface area contributed by atoms with Gasteiger partial charge in [-0.2, -0.15) is 53.5 Å². The van der Waals surface area contributed by atoms with E-state index in [-0.39, 0.29) is 52.8 Å². The minimum absolute atomic E-state index is 0.122. The lowest BCUT2D eigenvalue weighted by atomic mass is 10.1. The van der Waals surface area contributed by atoms with Crippen LogP contribution in [-0.2, 0) is 25.1 Å². The number of ether oxygens (including phenoxy) is 4. The van der Waals surface area contributed by atoms with Gasteiger partial charge in [-0.1, -0.05) is 41.9 Å². The van der Waals surface area contributed by atoms with Gasteiger partial charge in [-0.15, -0.1) is 0 Å². The van der Waals surface area contributed by atoms with Gasteiger partial charge < -0.3 is 70.0 Å². The molecule has 11 aromatic heterocycles. The second kappa shape index (κ2) is 49.7. The minimum atomic E-state index is -4.49. The summed E-state index contributed by atoms with van der Waals surface area (Å²) >= 11 is 6.46. The molecule has 0 atom stereocenters. The Labute approximate surface area is 829 Å². The fraction of sp³-hybridized carbons (Fsp3) is 0.216. The molecule has 5 aliphatic heterocycles. The van der Waals surface area contributed by atoms with Crippen molar-refractivity contribution in [2.75, 3.05) is 199 Å². The number of piperazine rings is 1. The van der Waals surface area contributed by atoms with Gasteiger partial charge in [0.2, 0.25) is 23.8 Å². The monoisotopic (exact) mass is 1990 g/mol. The van der Waals surface area contributed by atoms with E-state index in [9.17, 15) is 30.7 Å². The molecule has 0 saturated carbocycles. The van der Waals surface area contributed by atoms with E-state index in [1.54, 1.807) is 89.9 Å². The van der Waals surface area contributed by atoms with Crippen LogP contribution in [0.4, 0.5) is 129 Å². The number of halogens is 8. The molecule has 0 radical (unpaired) electrons. The number of aromatic nitrogens is 18. The highest BCUT2D eigenvalue weighted by atomic mass is 35.5. The summed E-state index contributed by atoms with van der Waals surface area (Å²) in [5.41, 5.74) is 24.1. The predicted molar refractivity (Wildman–Crippen MR) is 539 cm³/mol. The fourth-order valence-corrected chi connectivity index (χ4v) is 15.0. The third kappa shape index (κ3) is 28.6. The second-order valence-electron chi connectivity index (χ2n) is 31.9. The third-order valence-electron chi connectivity index (χ3n) is 22.0. The van der Waals surface area contributed by atoms with E-state index in [4.69, 9.17) is 30.5 Å². The Morgan fingerprint density at radius 2 is 0.662 bits per heavy atom. The van der Waals surface area contributed by atoms with Crippen molar-refractivity contribution in [1.29, 1.82) is 0 Å². The van der Waals surface area contributed by atoms with Crippen molar-refractivity contribution >= 4 is 135 Å². The van der Waals surface area contributed by atoms with Crippen molar-refractivity contribution < 1.29 is 49.7 Å². The van der Waals surface area contributed by atoms with Gasteiger partial charge in [-0.25, -0.2) is 89.1 Å². The van der Waals surface area contributed by atoms with Crippen LogP contribution in [-0.4, -0.2) is 246 Å². The number of benzene rings is 4. The number of hydrogen-bond acceptors (Lipinski definition) is 40. The number of nitrogens with zero attached hydrogens (tertiary/aromatic N) is 27. The number of alkyl halides is 3. The van der Waals surface area contributed by atoms with Crippen LogP contribution in [0.2, 0.25) is 5.02 Å². The number of pyridine rings is 4. The molecular weight excluding hydrogens is 1900 g/mol. The Hall–Kier alpha value is -17.3. The summed E-state index contributed by atoms with van der Waals surface area (Å²) in [6.07, 6.45) is 24.1. The zero-order chi connectivity index (χ0) is 99.7. The Morgan fingerprint density at radius 3 is 1.01 bits per heavy atom. The van der Waals surface area contributed by atoms with E-state index < -0.39 is 35.0 Å². The lowest BCUT2D eigenvalue weighted by Crippen LogP contribution is -2.44. The molecule has 15 aromatic rings. The van der Waals surface area contributed by atoms with Gasteiger partial charge in [-0.05, 0) is 121 Å². The predicted octanol–water partition coefficient (Wildman–Crippen LogP) is 14.6. The van der Waals surface area contributed by atoms with Gasteiger partial charge >= 0.3 is 6.18 Å². The first kappa shape index (κ1) is 99.3. The summed E-state index contributed by atoms with van der Waals surface area (Å²) in [6, 6.07) is 43.9. The topological polar surface area (TPSA) is 443 Å². The molecule has 145 heavy (non-hydrogen) atoms. The standard InChI is InChI=1S/C25H27F4N9O.C24H21ClFN9O.2C24H22FN9O/c26-21-16-32-24(35-23(21)38-9-11-39-12-10-38)36-33-15-18-1-2-19(14-31-18)34-17-3-4-22(20(13-17)25(27,28)29)37-7-5-30-6-8-37;25-19-11-16(21-5-6-27-15-30-21)1-4-22(19)32-18-3-2-17(28-12-18)13-31-34-24-29-14-20(26)23(33-24)35-7-9-36-10-8-35;25-22-15-29-24(32-23(22)34-7-9-35-10-8-34)33-30-14-20-5-6-21(13-28-20)31-19-3-1-17(2-4-19)18-11-26-16-27-12-18;25-21-15-28-24(32-23(21)34-9-11-35-12-10-34)33-30-14-19-5-6-20(13-27-19)31-18-3-1-17(2-4-18)22-7-8-26-16-29-22/h1-4,13-16,30,34H,5-12H2,(H,32,35,36);1-6,11-15,32H,7-10H2,(H,29,33,34);1-6,11-16,31H,7-10H2,(H,29,32,33);1-8,13-16,31H,9-12H2,(H,28,32,33)/b33-15+;31-13+;2*30-14+. The molecule has 40 nitrogen and oxygen atoms in total. The van der Waals surface area contributed by atoms with Gasteiger partial charge in [0.15, 0.2) is 46.5 Å². The van der Waals surface area contributed by atoms with Crippen LogP contribution < -0.4 is 72.8 Å². The molecule has 48 heteroatoms. The van der Waals surface area contributed by atoms with Crippen molar-refractivity contribution in [3.63, 3.8) is 0 Å². The van der Waals surface area contributed by atoms with Crippen molar-refractivity contribution in [2.24, 2.45) is 20.4 Å². The Morgan fingerprint density at radius 1 is 0.317 bits per heavy atom. The summed E-state index contributed by atoms with van der Waals surface area (Å²) in [5, 5.41) is 33.0. The maximum Gasteiger partial charge on any atom is 0.418 e. The van der Waals surface area contributed by atoms with E-state index in [1.807, 2.05) is 124 Å². The summed E-state index contributed by atoms with van der Waals surface area (Å²) in [4.78, 5) is 83.5. The highest BCUT2D eigenvalue weighted by Crippen LogP contribution is 2.40. The molecule has 0 bridgehead atoms. The van der Waals surface area contributed by atoms with Crippen molar-refractivity contribution in [1.82, 2.24) is 95.0 Å². The average molecular weight is 1990 g/mol. The largest absolute Gasteiger partial charge is 0.418 e. The number of anilines is 17. The van der Waals surface area contributed by atoms with E-state index >= 15 is 0 Å². The molecule has 16 heterocycles. The summed E-state index contributed by atoms with van der Waals surface area (Å²) in [7, 11) is 0. The molecular formula is C97H92ClF7N36O4. The summed E-state index contributed by atoms with van der Waals surface area (Å²) < 4.78 is 119. The summed E-state index contributed by atoms with van der Waals surface area (Å²) in [6.45, 7) is 11.0. The van der Waals surface area contributed by atoms with E-state index in [2.05, 4.69) is 158 Å². The van der Waals surface area contributed by atoms with Gasteiger partial charge in [0, 0.05) is 143 Å². The van der Waals surface area contributed by atoms with Gasteiger partial charge in [0.1, 0.15) is 19.0 Å². The first-order valence-corrected chi connectivity index (χ1v) is 45.8. The van der Waals surface area contributed by atoms with Crippen LogP contribution in [0.15, 0.2) is 259 Å². The van der Waals surface area contributed by atoms with Crippen LogP contribution >= 0.6 is 11.6 Å². The molecule has 5 saturated heterocycles. The number of morpholine rings is 4. The zero-order valence-electron chi connectivity index (χ0n) is 77.2. The van der Waals surface area contributed by atoms with Gasteiger partial charge in [0.25, 0.3) is 0 Å². The van der Waals surface area contributed by atoms with Crippen LogP contribution in [0.5, 0.6) is 0 Å². The van der Waals surface area contributed by atoms with Crippen LogP contribution in [0.3, 0.4) is 0 Å². The minimum Gasteiger partial charge on any atom is -0.378 e. The first-order valence-electron chi connectivity index (χ1n) is 45.5. The van der Waals surface area contributed by atoms with Gasteiger partial charge in [-0.3, -0.25) is 19.9 Å². The van der Waals surface area contributed by atoms with Crippen molar-refractivity contribution in [3.8, 4) is 33.6 Å². The Kier molecular flexibility index (Phi) is 34.0. The van der Waals surface area contributed by atoms with Crippen LogP contribution in [0, 0.1) is 23.3 Å². The molecule has 4 aromatic carbocycles. The lowest BCUT2D eigenvalue weighted by molar-refractivity contribution is -0.137. The highest BCUT2D eigenvalue weighted by Gasteiger charge is 2.36. The molecule has 5 aliphatic rings. The highest BCUT2D eigenvalue weighted by molar-refractivity contribution is 6.33.